The Balaban J connectivity index is 1.73. The molecule has 0 aromatic heterocycles. The minimum absolute atomic E-state index is 0.195. The van der Waals surface area contributed by atoms with Crippen LogP contribution in [0.5, 0.6) is 5.75 Å². The number of hydrogen-bond donors (Lipinski definition) is 1. The normalized spacial score (nSPS) is 24.8. The number of nitrogens with one attached hydrogen (secondary N) is 1. The quantitative estimate of drug-likeness (QED) is 0.820. The van der Waals surface area contributed by atoms with Gasteiger partial charge in [0.25, 0.3) is 0 Å². The zero-order chi connectivity index (χ0) is 17.4. The smallest absolute Gasteiger partial charge is 0.119 e. The lowest BCUT2D eigenvalue weighted by atomic mass is 9.76. The summed E-state index contributed by atoms with van der Waals surface area (Å²) >= 11 is 0. The molecule has 0 amide bonds. The maximum Gasteiger partial charge on any atom is 0.119 e. The number of rotatable bonds is 3. The van der Waals surface area contributed by atoms with Crippen LogP contribution in [0.4, 0.5) is 5.69 Å². The van der Waals surface area contributed by atoms with Gasteiger partial charge in [-0.05, 0) is 56.9 Å². The van der Waals surface area contributed by atoms with E-state index in [1.807, 2.05) is 6.92 Å². The average molecular weight is 337 g/mol. The van der Waals surface area contributed by atoms with E-state index in [0.717, 1.165) is 18.8 Å². The van der Waals surface area contributed by atoms with Gasteiger partial charge in [-0.3, -0.25) is 0 Å². The van der Waals surface area contributed by atoms with Crippen LogP contribution in [-0.4, -0.2) is 13.2 Å². The maximum absolute atomic E-state index is 6.27. The van der Waals surface area contributed by atoms with Crippen LogP contribution in [0.15, 0.2) is 36.4 Å². The Kier molecular flexibility index (Phi) is 4.43. The van der Waals surface area contributed by atoms with Gasteiger partial charge in [0.2, 0.25) is 0 Å². The minimum Gasteiger partial charge on any atom is -0.494 e. The standard InChI is InChI=1S/C22H27NO2/c1-4-24-17-9-7-16(8-10-17)21-18-6-5-11-25-22(18)19-13-14(2)12-15(3)20(19)23-21/h7-10,12-13,18,21-23H,4-6,11H2,1-3H3/t18-,21?,22-/m0/s1. The Bertz CT molecular complexity index is 753. The summed E-state index contributed by atoms with van der Waals surface area (Å²) in [7, 11) is 0. The fourth-order valence-electron chi connectivity index (χ4n) is 4.42. The van der Waals surface area contributed by atoms with Crippen LogP contribution in [0.3, 0.4) is 0 Å². The highest BCUT2D eigenvalue weighted by atomic mass is 16.5. The number of hydrogen-bond acceptors (Lipinski definition) is 3. The first-order valence-electron chi connectivity index (χ1n) is 9.39. The molecule has 0 saturated carbocycles. The van der Waals surface area contributed by atoms with Gasteiger partial charge in [0.05, 0.1) is 18.8 Å². The van der Waals surface area contributed by atoms with E-state index in [1.165, 1.54) is 34.4 Å². The summed E-state index contributed by atoms with van der Waals surface area (Å²) in [5, 5.41) is 3.84. The first-order chi connectivity index (χ1) is 12.2. The molecule has 2 aromatic rings. The lowest BCUT2D eigenvalue weighted by Crippen LogP contribution is -2.36. The zero-order valence-corrected chi connectivity index (χ0v) is 15.3. The average Bonchev–Trinajstić information content (AvgIpc) is 2.62. The molecule has 2 heterocycles. The van der Waals surface area contributed by atoms with Gasteiger partial charge in [0.15, 0.2) is 0 Å². The van der Waals surface area contributed by atoms with Crippen molar-refractivity contribution in [3.05, 3.63) is 58.7 Å². The monoisotopic (exact) mass is 337 g/mol. The molecule has 1 fully saturated rings. The van der Waals surface area contributed by atoms with Gasteiger partial charge in [0.1, 0.15) is 5.75 Å². The molecule has 3 nitrogen and oxygen atoms in total. The summed E-state index contributed by atoms with van der Waals surface area (Å²) in [6.45, 7) is 7.94. The molecule has 0 radical (unpaired) electrons. The van der Waals surface area contributed by atoms with E-state index in [1.54, 1.807) is 0 Å². The Morgan fingerprint density at radius 1 is 1.16 bits per heavy atom. The van der Waals surface area contributed by atoms with Crippen molar-refractivity contribution in [3.63, 3.8) is 0 Å². The van der Waals surface area contributed by atoms with Gasteiger partial charge in [-0.15, -0.1) is 0 Å². The lowest BCUT2D eigenvalue weighted by Gasteiger charge is -2.44. The molecule has 0 aliphatic carbocycles. The van der Waals surface area contributed by atoms with Crippen LogP contribution in [0.2, 0.25) is 0 Å². The second kappa shape index (κ2) is 6.72. The molecule has 2 aliphatic heterocycles. The highest BCUT2D eigenvalue weighted by molar-refractivity contribution is 5.63. The molecule has 0 spiro atoms. The van der Waals surface area contributed by atoms with Gasteiger partial charge in [0, 0.05) is 23.8 Å². The first-order valence-corrected chi connectivity index (χ1v) is 9.39. The maximum atomic E-state index is 6.27. The number of aryl methyl sites for hydroxylation is 2. The van der Waals surface area contributed by atoms with Crippen molar-refractivity contribution in [1.82, 2.24) is 0 Å². The Morgan fingerprint density at radius 3 is 2.72 bits per heavy atom. The van der Waals surface area contributed by atoms with E-state index in [2.05, 4.69) is 55.6 Å². The van der Waals surface area contributed by atoms with E-state index in [-0.39, 0.29) is 12.1 Å². The van der Waals surface area contributed by atoms with Crippen molar-refractivity contribution in [2.24, 2.45) is 5.92 Å². The van der Waals surface area contributed by atoms with Crippen molar-refractivity contribution in [2.75, 3.05) is 18.5 Å². The molecule has 1 unspecified atom stereocenters. The van der Waals surface area contributed by atoms with Gasteiger partial charge in [-0.2, -0.15) is 0 Å². The predicted molar refractivity (Wildman–Crippen MR) is 101 cm³/mol. The molecule has 3 heteroatoms. The molecule has 1 saturated heterocycles. The van der Waals surface area contributed by atoms with E-state index in [4.69, 9.17) is 9.47 Å². The van der Waals surface area contributed by atoms with E-state index >= 15 is 0 Å². The summed E-state index contributed by atoms with van der Waals surface area (Å²) < 4.78 is 11.9. The number of benzene rings is 2. The number of fused-ring (bicyclic) bond motifs is 3. The molecular formula is C22H27NO2. The summed E-state index contributed by atoms with van der Waals surface area (Å²) in [5.74, 6) is 1.41. The molecule has 25 heavy (non-hydrogen) atoms. The SMILES string of the molecule is CCOc1ccc(C2Nc3c(C)cc(C)cc3[C@H]3OCCC[C@@H]23)cc1. The highest BCUT2D eigenvalue weighted by Crippen LogP contribution is 2.50. The summed E-state index contributed by atoms with van der Waals surface area (Å²) in [4.78, 5) is 0. The molecule has 0 bridgehead atoms. The summed E-state index contributed by atoms with van der Waals surface area (Å²) in [6.07, 6.45) is 2.53. The van der Waals surface area contributed by atoms with E-state index < -0.39 is 0 Å². The molecular weight excluding hydrogens is 310 g/mol. The van der Waals surface area contributed by atoms with Crippen molar-refractivity contribution in [1.29, 1.82) is 0 Å². The Labute approximate surface area is 150 Å². The number of ether oxygens (including phenoxy) is 2. The van der Waals surface area contributed by atoms with Crippen molar-refractivity contribution < 1.29 is 9.47 Å². The molecule has 4 rings (SSSR count). The lowest BCUT2D eigenvalue weighted by molar-refractivity contribution is -0.0382. The summed E-state index contributed by atoms with van der Waals surface area (Å²) in [5.41, 5.74) is 6.52. The molecule has 1 N–H and O–H groups in total. The second-order valence-electron chi connectivity index (χ2n) is 7.27. The zero-order valence-electron chi connectivity index (χ0n) is 15.3. The van der Waals surface area contributed by atoms with Crippen LogP contribution in [0.1, 0.15) is 54.2 Å². The topological polar surface area (TPSA) is 30.5 Å². The second-order valence-corrected chi connectivity index (χ2v) is 7.27. The van der Waals surface area contributed by atoms with Crippen molar-refractivity contribution >= 4 is 5.69 Å². The Hall–Kier alpha value is -2.00. The molecule has 3 atom stereocenters. The minimum atomic E-state index is 0.195. The van der Waals surface area contributed by atoms with Crippen LogP contribution >= 0.6 is 0 Å². The molecule has 2 aliphatic rings. The highest BCUT2D eigenvalue weighted by Gasteiger charge is 2.40. The number of anilines is 1. The van der Waals surface area contributed by atoms with Gasteiger partial charge in [-0.25, -0.2) is 0 Å². The van der Waals surface area contributed by atoms with Crippen LogP contribution in [0.25, 0.3) is 0 Å². The van der Waals surface area contributed by atoms with Crippen LogP contribution < -0.4 is 10.1 Å². The molecule has 132 valence electrons. The van der Waals surface area contributed by atoms with Gasteiger partial charge >= 0.3 is 0 Å². The van der Waals surface area contributed by atoms with Crippen LogP contribution in [-0.2, 0) is 4.74 Å². The third-order valence-electron chi connectivity index (χ3n) is 5.46. The van der Waals surface area contributed by atoms with Crippen molar-refractivity contribution in [2.45, 2.75) is 45.8 Å². The fraction of sp³-hybridized carbons (Fsp3) is 0.455. The van der Waals surface area contributed by atoms with E-state index in [9.17, 15) is 0 Å². The fourth-order valence-corrected chi connectivity index (χ4v) is 4.42. The van der Waals surface area contributed by atoms with Crippen molar-refractivity contribution in [3.8, 4) is 5.75 Å². The third-order valence-corrected chi connectivity index (χ3v) is 5.46. The van der Waals surface area contributed by atoms with Gasteiger partial charge in [-0.1, -0.05) is 29.8 Å². The van der Waals surface area contributed by atoms with E-state index in [0.29, 0.717) is 12.5 Å². The first kappa shape index (κ1) is 16.5. The largest absolute Gasteiger partial charge is 0.494 e. The third kappa shape index (κ3) is 3.02. The summed E-state index contributed by atoms with van der Waals surface area (Å²) in [6, 6.07) is 13.4. The Morgan fingerprint density at radius 2 is 1.96 bits per heavy atom. The predicted octanol–water partition coefficient (Wildman–Crippen LogP) is 5.34. The van der Waals surface area contributed by atoms with Crippen LogP contribution in [0, 0.1) is 19.8 Å². The van der Waals surface area contributed by atoms with Gasteiger partial charge < -0.3 is 14.8 Å². The molecule has 2 aromatic carbocycles.